The molecule has 0 bridgehead atoms. The molecule has 0 fully saturated rings. The van der Waals surface area contributed by atoms with Gasteiger partial charge in [0.1, 0.15) is 4.90 Å². The molecule has 2 heterocycles. The normalized spacial score (nSPS) is 16.2. The van der Waals surface area contributed by atoms with E-state index < -0.39 is 15.9 Å². The second-order valence-corrected chi connectivity index (χ2v) is 6.12. The van der Waals surface area contributed by atoms with Crippen molar-refractivity contribution in [3.8, 4) is 5.69 Å². The average Bonchev–Trinajstić information content (AvgIpc) is 2.93. The number of tetrazole rings is 1. The van der Waals surface area contributed by atoms with Crippen LogP contribution in [-0.4, -0.2) is 40.8 Å². The number of nitrogens with one attached hydrogen (secondary N) is 1. The number of carbonyl (C=O) groups is 1. The lowest BCUT2D eigenvalue weighted by atomic mass is 10.2. The third-order valence-corrected chi connectivity index (χ3v) is 4.60. The van der Waals surface area contributed by atoms with Crippen molar-refractivity contribution in [1.82, 2.24) is 24.9 Å². The minimum Gasteiger partial charge on any atom is -0.268 e. The standard InChI is InChI=1S/C9H7N5O3S2/c1-18-9-10-12-13-14(9)5-2-3-7-6(4-5)8(15)11-19(7,16)17/h2-4H,1H3,(H,11,15). The molecule has 1 amide bonds. The molecular weight excluding hydrogens is 290 g/mol. The average molecular weight is 297 g/mol. The Morgan fingerprint density at radius 2 is 2.16 bits per heavy atom. The predicted molar refractivity (Wildman–Crippen MR) is 65.6 cm³/mol. The zero-order valence-corrected chi connectivity index (χ0v) is 11.2. The van der Waals surface area contributed by atoms with Gasteiger partial charge in [-0.25, -0.2) is 13.1 Å². The van der Waals surface area contributed by atoms with Crippen LogP contribution in [0.5, 0.6) is 0 Å². The predicted octanol–water partition coefficient (Wildman–Crippen LogP) is -0.184. The molecule has 1 aliphatic heterocycles. The number of nitrogens with zero attached hydrogens (tertiary/aromatic N) is 4. The molecule has 0 unspecified atom stereocenters. The maximum Gasteiger partial charge on any atom is 0.266 e. The Balaban J connectivity index is 2.19. The maximum atomic E-state index is 11.6. The summed E-state index contributed by atoms with van der Waals surface area (Å²) in [6.45, 7) is 0. The first-order chi connectivity index (χ1) is 9.03. The molecule has 8 nitrogen and oxygen atoms in total. The van der Waals surface area contributed by atoms with Crippen molar-refractivity contribution in [2.45, 2.75) is 10.1 Å². The van der Waals surface area contributed by atoms with Crippen molar-refractivity contribution >= 4 is 27.7 Å². The minimum atomic E-state index is -3.72. The number of amides is 1. The van der Waals surface area contributed by atoms with Gasteiger partial charge in [-0.2, -0.15) is 4.68 Å². The van der Waals surface area contributed by atoms with Gasteiger partial charge in [-0.05, 0) is 34.9 Å². The van der Waals surface area contributed by atoms with Gasteiger partial charge < -0.3 is 0 Å². The number of sulfonamides is 1. The SMILES string of the molecule is CSc1nnnn1-c1ccc2c(c1)C(=O)NS2(=O)=O. The lowest BCUT2D eigenvalue weighted by molar-refractivity contribution is 0.0985. The van der Waals surface area contributed by atoms with Gasteiger partial charge in [-0.3, -0.25) is 4.79 Å². The van der Waals surface area contributed by atoms with Crippen LogP contribution in [0.2, 0.25) is 0 Å². The van der Waals surface area contributed by atoms with E-state index in [1.165, 1.54) is 28.6 Å². The number of thioether (sulfide) groups is 1. The fourth-order valence-corrected chi connectivity index (χ4v) is 3.35. The number of carbonyl (C=O) groups excluding carboxylic acids is 1. The van der Waals surface area contributed by atoms with Gasteiger partial charge in [0.25, 0.3) is 15.9 Å². The van der Waals surface area contributed by atoms with E-state index in [0.29, 0.717) is 10.8 Å². The smallest absolute Gasteiger partial charge is 0.266 e. The molecular formula is C9H7N5O3S2. The lowest BCUT2D eigenvalue weighted by Crippen LogP contribution is -2.20. The molecule has 0 atom stereocenters. The summed E-state index contributed by atoms with van der Waals surface area (Å²) in [4.78, 5) is 11.6. The Kier molecular flexibility index (Phi) is 2.57. The van der Waals surface area contributed by atoms with Crippen molar-refractivity contribution in [3.05, 3.63) is 23.8 Å². The van der Waals surface area contributed by atoms with E-state index >= 15 is 0 Å². The molecule has 1 N–H and O–H groups in total. The highest BCUT2D eigenvalue weighted by molar-refractivity contribution is 7.98. The topological polar surface area (TPSA) is 107 Å². The summed E-state index contributed by atoms with van der Waals surface area (Å²) in [7, 11) is -3.72. The Morgan fingerprint density at radius 1 is 1.37 bits per heavy atom. The summed E-state index contributed by atoms with van der Waals surface area (Å²) < 4.78 is 26.6. The monoisotopic (exact) mass is 297 g/mol. The Bertz CT molecular complexity index is 783. The maximum absolute atomic E-state index is 11.6. The van der Waals surface area contributed by atoms with Crippen LogP contribution in [0.25, 0.3) is 5.69 Å². The van der Waals surface area contributed by atoms with Crippen molar-refractivity contribution in [2.24, 2.45) is 0 Å². The van der Waals surface area contributed by atoms with E-state index in [1.807, 2.05) is 11.0 Å². The fourth-order valence-electron chi connectivity index (χ4n) is 1.76. The van der Waals surface area contributed by atoms with Crippen LogP contribution in [0.3, 0.4) is 0 Å². The van der Waals surface area contributed by atoms with Crippen LogP contribution in [0.1, 0.15) is 10.4 Å². The number of rotatable bonds is 2. The molecule has 0 radical (unpaired) electrons. The molecule has 0 spiro atoms. The van der Waals surface area contributed by atoms with Gasteiger partial charge in [0.05, 0.1) is 11.3 Å². The zero-order valence-electron chi connectivity index (χ0n) is 9.56. The first kappa shape index (κ1) is 12.1. The summed E-state index contributed by atoms with van der Waals surface area (Å²) in [6.07, 6.45) is 1.81. The second kappa shape index (κ2) is 4.03. The quantitative estimate of drug-likeness (QED) is 0.766. The first-order valence-corrected chi connectivity index (χ1v) is 7.77. The Hall–Kier alpha value is -1.94. The van der Waals surface area contributed by atoms with Gasteiger partial charge in [-0.1, -0.05) is 11.8 Å². The van der Waals surface area contributed by atoms with Crippen LogP contribution in [0, 0.1) is 0 Å². The van der Waals surface area contributed by atoms with Crippen molar-refractivity contribution in [2.75, 3.05) is 6.26 Å². The van der Waals surface area contributed by atoms with Crippen LogP contribution in [0.15, 0.2) is 28.3 Å². The van der Waals surface area contributed by atoms with E-state index in [1.54, 1.807) is 6.07 Å². The number of hydrogen-bond acceptors (Lipinski definition) is 7. The molecule has 2 aromatic rings. The lowest BCUT2D eigenvalue weighted by Gasteiger charge is -2.03. The van der Waals surface area contributed by atoms with Gasteiger partial charge in [0, 0.05) is 0 Å². The number of hydrogen-bond donors (Lipinski definition) is 1. The zero-order chi connectivity index (χ0) is 13.6. The summed E-state index contributed by atoms with van der Waals surface area (Å²) in [6, 6.07) is 4.36. The highest BCUT2D eigenvalue weighted by atomic mass is 32.2. The van der Waals surface area contributed by atoms with E-state index in [9.17, 15) is 13.2 Å². The molecule has 0 saturated carbocycles. The van der Waals surface area contributed by atoms with Gasteiger partial charge in [0.2, 0.25) is 5.16 Å². The number of aromatic nitrogens is 4. The van der Waals surface area contributed by atoms with E-state index in [-0.39, 0.29) is 10.5 Å². The van der Waals surface area contributed by atoms with Crippen molar-refractivity contribution in [1.29, 1.82) is 0 Å². The molecule has 1 aromatic heterocycles. The number of fused-ring (bicyclic) bond motifs is 1. The van der Waals surface area contributed by atoms with E-state index in [0.717, 1.165) is 0 Å². The van der Waals surface area contributed by atoms with Gasteiger partial charge in [-0.15, -0.1) is 5.10 Å². The molecule has 98 valence electrons. The van der Waals surface area contributed by atoms with Crippen LogP contribution in [-0.2, 0) is 10.0 Å². The van der Waals surface area contributed by atoms with Crippen LogP contribution in [0.4, 0.5) is 0 Å². The van der Waals surface area contributed by atoms with Crippen molar-refractivity contribution in [3.63, 3.8) is 0 Å². The Labute approximate surface area is 112 Å². The van der Waals surface area contributed by atoms with Crippen LogP contribution < -0.4 is 4.72 Å². The number of benzene rings is 1. The summed E-state index contributed by atoms with van der Waals surface area (Å²) in [5.41, 5.74) is 0.625. The molecule has 10 heteroatoms. The largest absolute Gasteiger partial charge is 0.268 e. The van der Waals surface area contributed by atoms with Crippen molar-refractivity contribution < 1.29 is 13.2 Å². The second-order valence-electron chi connectivity index (χ2n) is 3.69. The molecule has 19 heavy (non-hydrogen) atoms. The summed E-state index contributed by atoms with van der Waals surface area (Å²) >= 11 is 1.34. The third-order valence-electron chi connectivity index (χ3n) is 2.59. The first-order valence-electron chi connectivity index (χ1n) is 5.07. The highest BCUT2D eigenvalue weighted by Crippen LogP contribution is 2.25. The van der Waals surface area contributed by atoms with Crippen LogP contribution >= 0.6 is 11.8 Å². The highest BCUT2D eigenvalue weighted by Gasteiger charge is 2.32. The molecule has 1 aromatic carbocycles. The summed E-state index contributed by atoms with van der Waals surface area (Å²) in [5, 5.41) is 11.7. The minimum absolute atomic E-state index is 0.0278. The van der Waals surface area contributed by atoms with E-state index in [4.69, 9.17) is 0 Å². The van der Waals surface area contributed by atoms with E-state index in [2.05, 4.69) is 15.5 Å². The molecule has 1 aliphatic rings. The Morgan fingerprint density at radius 3 is 2.89 bits per heavy atom. The molecule has 0 aliphatic carbocycles. The van der Waals surface area contributed by atoms with Gasteiger partial charge >= 0.3 is 0 Å². The third kappa shape index (κ3) is 1.79. The summed E-state index contributed by atoms with van der Waals surface area (Å²) in [5.74, 6) is -0.643. The fraction of sp³-hybridized carbons (Fsp3) is 0.111. The molecule has 3 rings (SSSR count). The van der Waals surface area contributed by atoms with Gasteiger partial charge in [0.15, 0.2) is 0 Å². The molecule has 0 saturated heterocycles.